The summed E-state index contributed by atoms with van der Waals surface area (Å²) < 4.78 is 38.5. The van der Waals surface area contributed by atoms with Gasteiger partial charge in [-0.1, -0.05) is 6.92 Å². The molecule has 1 fully saturated rings. The number of hydrogen-bond donors (Lipinski definition) is 0. The molecule has 9 heteroatoms. The third-order valence-electron chi connectivity index (χ3n) is 5.74. The van der Waals surface area contributed by atoms with Crippen molar-refractivity contribution in [2.75, 3.05) is 40.0 Å². The van der Waals surface area contributed by atoms with Gasteiger partial charge in [0.15, 0.2) is 0 Å². The van der Waals surface area contributed by atoms with Gasteiger partial charge in [-0.15, -0.1) is 11.3 Å². The minimum atomic E-state index is -3.79. The maximum atomic E-state index is 13.4. The molecule has 4 rings (SSSR count). The second kappa shape index (κ2) is 8.66. The summed E-state index contributed by atoms with van der Waals surface area (Å²) in [5, 5.41) is 2.07. The van der Waals surface area contributed by atoms with E-state index in [1.807, 2.05) is 4.90 Å². The molecule has 0 N–H and O–H groups in total. The molecule has 1 aromatic carbocycles. The largest absolute Gasteiger partial charge is 0.495 e. The van der Waals surface area contributed by atoms with Crippen molar-refractivity contribution >= 4 is 27.3 Å². The van der Waals surface area contributed by atoms with Crippen LogP contribution in [-0.4, -0.2) is 63.5 Å². The fraction of sp³-hybridized carbons (Fsp3) is 0.476. The van der Waals surface area contributed by atoms with E-state index in [-0.39, 0.29) is 35.7 Å². The average molecular weight is 451 g/mol. The molecule has 1 saturated heterocycles. The minimum Gasteiger partial charge on any atom is -0.495 e. The maximum Gasteiger partial charge on any atom is 0.254 e. The zero-order chi connectivity index (χ0) is 21.3. The fourth-order valence-corrected chi connectivity index (χ4v) is 6.70. The quantitative estimate of drug-likeness (QED) is 0.700. The number of ether oxygens (including phenoxy) is 2. The van der Waals surface area contributed by atoms with Gasteiger partial charge in [0.05, 0.1) is 26.4 Å². The van der Waals surface area contributed by atoms with Crippen LogP contribution in [0.2, 0.25) is 0 Å². The molecular formula is C21H26N2O5S2. The summed E-state index contributed by atoms with van der Waals surface area (Å²) in [5.41, 5.74) is 1.57. The monoisotopic (exact) mass is 450 g/mol. The Kier molecular flexibility index (Phi) is 6.15. The lowest BCUT2D eigenvalue weighted by Gasteiger charge is -2.35. The van der Waals surface area contributed by atoms with Crippen LogP contribution in [0.1, 0.15) is 40.2 Å². The topological polar surface area (TPSA) is 76.2 Å². The molecule has 0 spiro atoms. The Morgan fingerprint density at radius 3 is 2.70 bits per heavy atom. The second-order valence-corrected chi connectivity index (χ2v) is 10.3. The lowest BCUT2D eigenvalue weighted by atomic mass is 9.97. The van der Waals surface area contributed by atoms with Gasteiger partial charge in [0.2, 0.25) is 10.0 Å². The van der Waals surface area contributed by atoms with Gasteiger partial charge in [-0.05, 0) is 48.1 Å². The molecule has 2 aliphatic rings. The van der Waals surface area contributed by atoms with Crippen LogP contribution in [0.4, 0.5) is 0 Å². The molecule has 7 nitrogen and oxygen atoms in total. The number of fused-ring (bicyclic) bond motifs is 1. The molecule has 3 heterocycles. The Bertz CT molecular complexity index is 1030. The summed E-state index contributed by atoms with van der Waals surface area (Å²) in [7, 11) is -2.36. The normalized spacial score (nSPS) is 20.1. The number of methoxy groups -OCH3 is 1. The van der Waals surface area contributed by atoms with Crippen molar-refractivity contribution in [2.45, 2.75) is 30.7 Å². The van der Waals surface area contributed by atoms with E-state index in [9.17, 15) is 13.2 Å². The average Bonchev–Trinajstić information content (AvgIpc) is 3.27. The van der Waals surface area contributed by atoms with Gasteiger partial charge in [0.25, 0.3) is 5.91 Å². The van der Waals surface area contributed by atoms with E-state index in [1.54, 1.807) is 23.5 Å². The molecule has 30 heavy (non-hydrogen) atoms. The van der Waals surface area contributed by atoms with E-state index >= 15 is 0 Å². The number of carbonyl (C=O) groups is 1. The van der Waals surface area contributed by atoms with Crippen LogP contribution in [0, 0.1) is 0 Å². The van der Waals surface area contributed by atoms with Crippen LogP contribution in [0.25, 0.3) is 0 Å². The lowest BCUT2D eigenvalue weighted by Crippen LogP contribution is -2.41. The molecule has 1 aromatic heterocycles. The molecule has 1 atom stereocenters. The Hall–Kier alpha value is -1.94. The van der Waals surface area contributed by atoms with Gasteiger partial charge >= 0.3 is 0 Å². The molecule has 1 amide bonds. The van der Waals surface area contributed by atoms with Gasteiger partial charge in [-0.2, -0.15) is 4.31 Å². The van der Waals surface area contributed by atoms with E-state index in [2.05, 4.69) is 18.4 Å². The SMILES string of the molecule is CCC1c2ccsc2CCN1C(=O)c1ccc(OC)c(S(=O)(=O)N2CCOCC2)c1. The zero-order valence-electron chi connectivity index (χ0n) is 17.2. The summed E-state index contributed by atoms with van der Waals surface area (Å²) >= 11 is 1.73. The van der Waals surface area contributed by atoms with Gasteiger partial charge in [-0.25, -0.2) is 8.42 Å². The Labute approximate surface area is 181 Å². The van der Waals surface area contributed by atoms with Crippen LogP contribution < -0.4 is 4.74 Å². The first kappa shape index (κ1) is 21.3. The molecule has 2 aliphatic heterocycles. The van der Waals surface area contributed by atoms with Gasteiger partial charge in [-0.3, -0.25) is 4.79 Å². The van der Waals surface area contributed by atoms with Crippen LogP contribution in [0.15, 0.2) is 34.5 Å². The Morgan fingerprint density at radius 1 is 1.23 bits per heavy atom. The van der Waals surface area contributed by atoms with Crippen molar-refractivity contribution in [3.05, 3.63) is 45.6 Å². The minimum absolute atomic E-state index is 0.00824. The summed E-state index contributed by atoms with van der Waals surface area (Å²) in [4.78, 5) is 16.6. The van der Waals surface area contributed by atoms with Gasteiger partial charge in [0.1, 0.15) is 10.6 Å². The van der Waals surface area contributed by atoms with Crippen LogP contribution in [0.3, 0.4) is 0 Å². The highest BCUT2D eigenvalue weighted by atomic mass is 32.2. The number of thiophene rings is 1. The highest BCUT2D eigenvalue weighted by Crippen LogP contribution is 2.37. The molecule has 2 aromatic rings. The van der Waals surface area contributed by atoms with E-state index in [0.717, 1.165) is 12.8 Å². The van der Waals surface area contributed by atoms with Crippen LogP contribution >= 0.6 is 11.3 Å². The van der Waals surface area contributed by atoms with E-state index in [0.29, 0.717) is 25.3 Å². The molecule has 1 unspecified atom stereocenters. The third kappa shape index (κ3) is 3.75. The molecule has 0 bridgehead atoms. The molecule has 0 saturated carbocycles. The molecule has 0 radical (unpaired) electrons. The first-order valence-corrected chi connectivity index (χ1v) is 12.4. The molecule has 0 aliphatic carbocycles. The number of benzene rings is 1. The van der Waals surface area contributed by atoms with Crippen molar-refractivity contribution in [1.29, 1.82) is 0 Å². The van der Waals surface area contributed by atoms with E-state index in [1.165, 1.54) is 27.9 Å². The Morgan fingerprint density at radius 2 is 2.00 bits per heavy atom. The number of rotatable bonds is 5. The summed E-state index contributed by atoms with van der Waals surface area (Å²) in [6, 6.07) is 6.78. The highest BCUT2D eigenvalue weighted by Gasteiger charge is 2.33. The van der Waals surface area contributed by atoms with E-state index < -0.39 is 10.0 Å². The number of carbonyl (C=O) groups excluding carboxylic acids is 1. The summed E-state index contributed by atoms with van der Waals surface area (Å²) in [6.07, 6.45) is 1.63. The van der Waals surface area contributed by atoms with Crippen LogP contribution in [-0.2, 0) is 21.2 Å². The van der Waals surface area contributed by atoms with Crippen molar-refractivity contribution in [3.63, 3.8) is 0 Å². The van der Waals surface area contributed by atoms with Gasteiger partial charge in [0, 0.05) is 30.1 Å². The van der Waals surface area contributed by atoms with Crippen molar-refractivity contribution in [2.24, 2.45) is 0 Å². The van der Waals surface area contributed by atoms with Crippen LogP contribution in [0.5, 0.6) is 5.75 Å². The predicted molar refractivity (Wildman–Crippen MR) is 115 cm³/mol. The maximum absolute atomic E-state index is 13.4. The van der Waals surface area contributed by atoms with Crippen molar-refractivity contribution in [1.82, 2.24) is 9.21 Å². The number of sulfonamides is 1. The number of morpholine rings is 1. The number of hydrogen-bond acceptors (Lipinski definition) is 6. The third-order valence-corrected chi connectivity index (χ3v) is 8.66. The first-order chi connectivity index (χ1) is 14.5. The lowest BCUT2D eigenvalue weighted by molar-refractivity contribution is 0.0657. The molecule has 162 valence electrons. The fourth-order valence-electron chi connectivity index (χ4n) is 4.18. The van der Waals surface area contributed by atoms with Crippen molar-refractivity contribution < 1.29 is 22.7 Å². The van der Waals surface area contributed by atoms with Gasteiger partial charge < -0.3 is 14.4 Å². The summed E-state index contributed by atoms with van der Waals surface area (Å²) in [5.74, 6) is 0.0867. The smallest absolute Gasteiger partial charge is 0.254 e. The zero-order valence-corrected chi connectivity index (χ0v) is 18.8. The van der Waals surface area contributed by atoms with E-state index in [4.69, 9.17) is 9.47 Å². The highest BCUT2D eigenvalue weighted by molar-refractivity contribution is 7.89. The first-order valence-electron chi connectivity index (χ1n) is 10.1. The summed E-state index contributed by atoms with van der Waals surface area (Å²) in [6.45, 7) is 3.98. The number of amides is 1. The second-order valence-electron chi connectivity index (χ2n) is 7.35. The number of nitrogens with zero attached hydrogens (tertiary/aromatic N) is 2. The predicted octanol–water partition coefficient (Wildman–Crippen LogP) is 2.93. The molecular weight excluding hydrogens is 424 g/mol. The standard InChI is InChI=1S/C21H26N2O5S2/c1-3-17-16-7-13-29-19(16)6-8-23(17)21(24)15-4-5-18(27-2)20(14-15)30(25,26)22-9-11-28-12-10-22/h4-5,7,13-14,17H,3,6,8-12H2,1-2H3. The van der Waals surface area contributed by atoms with Crippen molar-refractivity contribution in [3.8, 4) is 5.75 Å². The Balaban J connectivity index is 1.68.